The lowest BCUT2D eigenvalue weighted by Gasteiger charge is -2.39. The largest absolute Gasteiger partial charge is 0.394 e. The molecule has 0 saturated carbocycles. The van der Waals surface area contributed by atoms with E-state index in [4.69, 9.17) is 11.5 Å². The zero-order valence-corrected chi connectivity index (χ0v) is 11.4. The smallest absolute Gasteiger partial charge is 0.148 e. The number of nitrogens with zero attached hydrogens (tertiary/aromatic N) is 3. The number of pyridine rings is 1. The summed E-state index contributed by atoms with van der Waals surface area (Å²) in [5.41, 5.74) is 13.3. The summed E-state index contributed by atoms with van der Waals surface area (Å²) < 4.78 is 0.417. The molecule has 0 aliphatic carbocycles. The lowest BCUT2D eigenvalue weighted by Crippen LogP contribution is -2.49. The van der Waals surface area contributed by atoms with Crippen molar-refractivity contribution in [1.29, 1.82) is 0 Å². The van der Waals surface area contributed by atoms with Gasteiger partial charge in [0.05, 0.1) is 15.4 Å². The van der Waals surface area contributed by atoms with E-state index in [-0.39, 0.29) is 0 Å². The second kappa shape index (κ2) is 4.62. The zero-order valence-electron chi connectivity index (χ0n) is 9.23. The molecule has 16 heavy (non-hydrogen) atoms. The molecule has 1 atom stereocenters. The minimum atomic E-state index is 0.417. The monoisotopic (exact) mass is 333 g/mol. The molecular weight excluding hydrogens is 317 g/mol. The third kappa shape index (κ3) is 2.17. The molecule has 6 heteroatoms. The molecule has 5 nitrogen and oxygen atoms in total. The lowest BCUT2D eigenvalue weighted by atomic mass is 10.2. The van der Waals surface area contributed by atoms with Crippen LogP contribution in [-0.4, -0.2) is 40.6 Å². The number of hydrogen-bond donors (Lipinski definition) is 2. The molecule has 0 amide bonds. The number of hydrogen-bond acceptors (Lipinski definition) is 5. The Hall–Kier alpha value is -0.760. The van der Waals surface area contributed by atoms with Crippen molar-refractivity contribution in [2.24, 2.45) is 0 Å². The summed E-state index contributed by atoms with van der Waals surface area (Å²) >= 11 is 2.43. The fourth-order valence-corrected chi connectivity index (χ4v) is 3.12. The minimum Gasteiger partial charge on any atom is -0.394 e. The van der Waals surface area contributed by atoms with Crippen LogP contribution in [-0.2, 0) is 0 Å². The van der Waals surface area contributed by atoms with Crippen LogP contribution < -0.4 is 16.4 Å². The number of piperazine rings is 1. The lowest BCUT2D eigenvalue weighted by molar-refractivity contribution is 0.307. The first-order valence-electron chi connectivity index (χ1n) is 5.19. The fraction of sp³-hybridized carbons (Fsp3) is 0.500. The Kier molecular flexibility index (Phi) is 3.38. The Balaban J connectivity index is 2.27. The Morgan fingerprint density at radius 1 is 1.44 bits per heavy atom. The van der Waals surface area contributed by atoms with Gasteiger partial charge in [-0.15, -0.1) is 0 Å². The van der Waals surface area contributed by atoms with E-state index >= 15 is 0 Å². The third-order valence-corrected chi connectivity index (χ3v) is 3.90. The van der Waals surface area contributed by atoms with Crippen molar-refractivity contribution in [3.05, 3.63) is 12.3 Å². The summed E-state index contributed by atoms with van der Waals surface area (Å²) in [4.78, 5) is 8.59. The second-order valence-corrected chi connectivity index (χ2v) is 5.46. The van der Waals surface area contributed by atoms with Crippen LogP contribution in [0.25, 0.3) is 0 Å². The summed E-state index contributed by atoms with van der Waals surface area (Å²) in [6, 6.07) is 1.93. The van der Waals surface area contributed by atoms with Crippen LogP contribution in [0.2, 0.25) is 0 Å². The van der Waals surface area contributed by atoms with E-state index in [2.05, 4.69) is 44.4 Å². The van der Waals surface area contributed by atoms with Crippen molar-refractivity contribution >= 4 is 39.8 Å². The van der Waals surface area contributed by atoms with Crippen LogP contribution in [0.1, 0.15) is 0 Å². The molecule has 1 unspecified atom stereocenters. The average Bonchev–Trinajstić information content (AvgIpc) is 2.23. The average molecular weight is 333 g/mol. The quantitative estimate of drug-likeness (QED) is 0.451. The van der Waals surface area contributed by atoms with Crippen LogP contribution in [0.5, 0.6) is 0 Å². The molecule has 1 aliphatic heterocycles. The standard InChI is InChI=1S/C10H16IN5/c1-15-4-5-16(8(11)6-15)7-2-3-14-10(13)9(7)12/h2-3,8H,4-6,12H2,1H3,(H2,13,14). The van der Waals surface area contributed by atoms with E-state index in [0.717, 1.165) is 25.3 Å². The number of likely N-dealkylation sites (N-methyl/N-ethyl adjacent to an activating group) is 1. The topological polar surface area (TPSA) is 71.4 Å². The van der Waals surface area contributed by atoms with E-state index < -0.39 is 0 Å². The summed E-state index contributed by atoms with van der Waals surface area (Å²) in [7, 11) is 2.13. The van der Waals surface area contributed by atoms with Gasteiger partial charge in [0.15, 0.2) is 0 Å². The van der Waals surface area contributed by atoms with Crippen molar-refractivity contribution in [2.75, 3.05) is 43.0 Å². The first kappa shape index (κ1) is 11.7. The van der Waals surface area contributed by atoms with E-state index in [1.165, 1.54) is 0 Å². The van der Waals surface area contributed by atoms with Crippen LogP contribution in [0.15, 0.2) is 12.3 Å². The molecule has 1 aromatic rings. The summed E-state index contributed by atoms with van der Waals surface area (Å²) in [6.45, 7) is 3.04. The van der Waals surface area contributed by atoms with Crippen LogP contribution in [0.3, 0.4) is 0 Å². The number of halogens is 1. The number of nitrogens with two attached hydrogens (primary N) is 2. The van der Waals surface area contributed by atoms with E-state index in [0.29, 0.717) is 15.6 Å². The van der Waals surface area contributed by atoms with Crippen molar-refractivity contribution < 1.29 is 0 Å². The predicted molar refractivity (Wildman–Crippen MR) is 75.7 cm³/mol. The van der Waals surface area contributed by atoms with Crippen LogP contribution >= 0.6 is 22.6 Å². The van der Waals surface area contributed by atoms with Gasteiger partial charge in [0.1, 0.15) is 5.82 Å². The summed E-state index contributed by atoms with van der Waals surface area (Å²) in [5, 5.41) is 0. The molecule has 0 spiro atoms. The molecule has 88 valence electrons. The van der Waals surface area contributed by atoms with Gasteiger partial charge in [-0.1, -0.05) is 22.6 Å². The maximum atomic E-state index is 5.96. The highest BCUT2D eigenvalue weighted by Crippen LogP contribution is 2.31. The van der Waals surface area contributed by atoms with Gasteiger partial charge in [0, 0.05) is 25.8 Å². The highest BCUT2D eigenvalue weighted by atomic mass is 127. The first-order chi connectivity index (χ1) is 7.59. The SMILES string of the molecule is CN1CCN(c2ccnc(N)c2N)C(I)C1. The van der Waals surface area contributed by atoms with Gasteiger partial charge in [-0.25, -0.2) is 4.98 Å². The second-order valence-electron chi connectivity index (χ2n) is 4.02. The highest BCUT2D eigenvalue weighted by molar-refractivity contribution is 14.1. The van der Waals surface area contributed by atoms with Crippen molar-refractivity contribution in [1.82, 2.24) is 9.88 Å². The number of aromatic nitrogens is 1. The molecule has 2 rings (SSSR count). The van der Waals surface area contributed by atoms with Gasteiger partial charge in [-0.05, 0) is 13.1 Å². The zero-order chi connectivity index (χ0) is 11.7. The molecule has 0 aromatic carbocycles. The molecule has 0 radical (unpaired) electrons. The number of rotatable bonds is 1. The van der Waals surface area contributed by atoms with Crippen molar-refractivity contribution in [3.63, 3.8) is 0 Å². The van der Waals surface area contributed by atoms with Gasteiger partial charge < -0.3 is 21.3 Å². The van der Waals surface area contributed by atoms with Gasteiger partial charge >= 0.3 is 0 Å². The van der Waals surface area contributed by atoms with Gasteiger partial charge in [0.2, 0.25) is 0 Å². The van der Waals surface area contributed by atoms with E-state index in [1.54, 1.807) is 6.20 Å². The minimum absolute atomic E-state index is 0.417. The van der Waals surface area contributed by atoms with Crippen LogP contribution in [0, 0.1) is 0 Å². The Morgan fingerprint density at radius 3 is 2.88 bits per heavy atom. The van der Waals surface area contributed by atoms with E-state index in [9.17, 15) is 0 Å². The molecule has 1 saturated heterocycles. The maximum Gasteiger partial charge on any atom is 0.148 e. The maximum absolute atomic E-state index is 5.96. The van der Waals surface area contributed by atoms with Crippen molar-refractivity contribution in [3.8, 4) is 0 Å². The summed E-state index contributed by atoms with van der Waals surface area (Å²) in [5.74, 6) is 0.417. The molecule has 1 fully saturated rings. The summed E-state index contributed by atoms with van der Waals surface area (Å²) in [6.07, 6.45) is 1.71. The third-order valence-electron chi connectivity index (χ3n) is 2.83. The molecule has 1 aromatic heterocycles. The van der Waals surface area contributed by atoms with Gasteiger partial charge in [-0.2, -0.15) is 0 Å². The Bertz CT molecular complexity index is 383. The Labute approximate surface area is 109 Å². The normalized spacial score (nSPS) is 22.4. The molecule has 0 bridgehead atoms. The first-order valence-corrected chi connectivity index (χ1v) is 6.43. The van der Waals surface area contributed by atoms with Crippen LogP contribution in [0.4, 0.5) is 17.2 Å². The predicted octanol–water partition coefficient (Wildman–Crippen LogP) is 0.759. The molecule has 2 heterocycles. The van der Waals surface area contributed by atoms with Gasteiger partial charge in [0.25, 0.3) is 0 Å². The van der Waals surface area contributed by atoms with Crippen molar-refractivity contribution in [2.45, 2.75) is 4.05 Å². The number of alkyl halides is 1. The molecule has 4 N–H and O–H groups in total. The number of anilines is 3. The van der Waals surface area contributed by atoms with E-state index in [1.807, 2.05) is 6.07 Å². The van der Waals surface area contributed by atoms with Gasteiger partial charge in [-0.3, -0.25) is 0 Å². The number of nitrogen functional groups attached to an aromatic ring is 2. The highest BCUT2D eigenvalue weighted by Gasteiger charge is 2.24. The Morgan fingerprint density at radius 2 is 2.19 bits per heavy atom. The molecular formula is C10H16IN5. The fourth-order valence-electron chi connectivity index (χ4n) is 1.87. The molecule has 1 aliphatic rings.